The minimum absolute atomic E-state index is 0.108. The number of hydrogen-bond acceptors (Lipinski definition) is 4. The molecule has 0 unspecified atom stereocenters. The van der Waals surface area contributed by atoms with Crippen molar-refractivity contribution in [3.05, 3.63) is 23.8 Å². The molecule has 15 heavy (non-hydrogen) atoms. The van der Waals surface area contributed by atoms with Crippen LogP contribution in [0.2, 0.25) is 0 Å². The van der Waals surface area contributed by atoms with E-state index in [1.807, 2.05) is 0 Å². The molecule has 1 atom stereocenters. The van der Waals surface area contributed by atoms with Gasteiger partial charge in [0.15, 0.2) is 0 Å². The maximum Gasteiger partial charge on any atom is 0.251 e. The fourth-order valence-corrected chi connectivity index (χ4v) is 1.16. The van der Waals surface area contributed by atoms with Crippen LogP contribution in [0.1, 0.15) is 17.3 Å². The van der Waals surface area contributed by atoms with Crippen LogP contribution in [0.15, 0.2) is 18.2 Å². The van der Waals surface area contributed by atoms with Gasteiger partial charge in [0.25, 0.3) is 5.91 Å². The molecule has 5 heteroatoms. The van der Waals surface area contributed by atoms with Gasteiger partial charge in [-0.15, -0.1) is 0 Å². The van der Waals surface area contributed by atoms with Crippen molar-refractivity contribution in [1.82, 2.24) is 5.32 Å². The van der Waals surface area contributed by atoms with Gasteiger partial charge >= 0.3 is 0 Å². The lowest BCUT2D eigenvalue weighted by atomic mass is 10.1. The number of carbonyl (C=O) groups is 1. The molecule has 0 spiro atoms. The van der Waals surface area contributed by atoms with Crippen molar-refractivity contribution in [1.29, 1.82) is 0 Å². The molecule has 1 aromatic rings. The number of aliphatic hydroxyl groups excluding tert-OH is 1. The van der Waals surface area contributed by atoms with E-state index in [4.69, 9.17) is 16.6 Å². The first-order chi connectivity index (χ1) is 7.02. The summed E-state index contributed by atoms with van der Waals surface area (Å²) >= 11 is 0. The molecule has 0 bridgehead atoms. The molecule has 0 fully saturated rings. The number of rotatable bonds is 3. The van der Waals surface area contributed by atoms with E-state index in [0.29, 0.717) is 16.9 Å². The highest BCUT2D eigenvalue weighted by Crippen LogP contribution is 2.13. The van der Waals surface area contributed by atoms with Crippen LogP contribution >= 0.6 is 0 Å². The van der Waals surface area contributed by atoms with Crippen molar-refractivity contribution >= 4 is 17.3 Å². The summed E-state index contributed by atoms with van der Waals surface area (Å²) in [7, 11) is 0. The van der Waals surface area contributed by atoms with Crippen molar-refractivity contribution in [2.75, 3.05) is 18.1 Å². The number of hydrogen-bond donors (Lipinski definition) is 4. The van der Waals surface area contributed by atoms with Gasteiger partial charge in [0.2, 0.25) is 0 Å². The zero-order valence-corrected chi connectivity index (χ0v) is 8.53. The summed E-state index contributed by atoms with van der Waals surface area (Å²) in [5.74, 6) is -0.296. The predicted octanol–water partition coefficient (Wildman–Crippen LogP) is -0.0384. The fourth-order valence-electron chi connectivity index (χ4n) is 1.16. The number of nitrogens with one attached hydrogen (secondary N) is 1. The van der Waals surface area contributed by atoms with E-state index in [9.17, 15) is 4.79 Å². The normalized spacial score (nSPS) is 12.1. The second-order valence-corrected chi connectivity index (χ2v) is 3.45. The van der Waals surface area contributed by atoms with Crippen LogP contribution in [0.25, 0.3) is 0 Å². The highest BCUT2D eigenvalue weighted by Gasteiger charge is 2.09. The number of nitrogens with two attached hydrogens (primary N) is 2. The molecule has 1 amide bonds. The topological polar surface area (TPSA) is 101 Å². The maximum atomic E-state index is 11.6. The van der Waals surface area contributed by atoms with Gasteiger partial charge in [-0.2, -0.15) is 0 Å². The molecular formula is C10H15N3O2. The van der Waals surface area contributed by atoms with Crippen LogP contribution in [0.4, 0.5) is 11.4 Å². The average molecular weight is 209 g/mol. The lowest BCUT2D eigenvalue weighted by Gasteiger charge is -2.11. The van der Waals surface area contributed by atoms with E-state index >= 15 is 0 Å². The molecule has 0 aliphatic heterocycles. The molecule has 0 aliphatic carbocycles. The third-order valence-electron chi connectivity index (χ3n) is 1.89. The number of aliphatic hydroxyl groups is 1. The fraction of sp³-hybridized carbons (Fsp3) is 0.300. The first kappa shape index (κ1) is 11.3. The molecule has 6 N–H and O–H groups in total. The Morgan fingerprint density at radius 1 is 1.40 bits per heavy atom. The van der Waals surface area contributed by atoms with Crippen molar-refractivity contribution in [2.45, 2.75) is 13.0 Å². The Morgan fingerprint density at radius 2 is 1.93 bits per heavy atom. The molecule has 0 aromatic heterocycles. The highest BCUT2D eigenvalue weighted by atomic mass is 16.3. The summed E-state index contributed by atoms with van der Waals surface area (Å²) < 4.78 is 0. The Bertz CT molecular complexity index is 345. The summed E-state index contributed by atoms with van der Waals surface area (Å²) in [6.45, 7) is 1.59. The first-order valence-corrected chi connectivity index (χ1v) is 4.60. The summed E-state index contributed by atoms with van der Waals surface area (Å²) in [5.41, 5.74) is 12.4. The van der Waals surface area contributed by atoms with Crippen molar-refractivity contribution < 1.29 is 9.90 Å². The highest BCUT2D eigenvalue weighted by molar-refractivity contribution is 5.96. The monoisotopic (exact) mass is 209 g/mol. The Hall–Kier alpha value is -1.75. The molecular weight excluding hydrogens is 194 g/mol. The van der Waals surface area contributed by atoms with Crippen molar-refractivity contribution in [3.8, 4) is 0 Å². The van der Waals surface area contributed by atoms with E-state index < -0.39 is 0 Å². The second-order valence-electron chi connectivity index (χ2n) is 3.45. The van der Waals surface area contributed by atoms with Gasteiger partial charge in [0.05, 0.1) is 6.61 Å². The van der Waals surface area contributed by atoms with Crippen LogP contribution in [0.5, 0.6) is 0 Å². The van der Waals surface area contributed by atoms with Crippen LogP contribution in [0.3, 0.4) is 0 Å². The number of nitrogen functional groups attached to an aromatic ring is 2. The van der Waals surface area contributed by atoms with Crippen LogP contribution in [-0.4, -0.2) is 23.7 Å². The lowest BCUT2D eigenvalue weighted by molar-refractivity contribution is 0.0922. The van der Waals surface area contributed by atoms with E-state index in [1.165, 1.54) is 12.1 Å². The van der Waals surface area contributed by atoms with Gasteiger partial charge in [-0.25, -0.2) is 0 Å². The number of anilines is 2. The average Bonchev–Trinajstić information content (AvgIpc) is 2.16. The predicted molar refractivity (Wildman–Crippen MR) is 59.3 cm³/mol. The Morgan fingerprint density at radius 3 is 2.40 bits per heavy atom. The minimum Gasteiger partial charge on any atom is -0.399 e. The van der Waals surface area contributed by atoms with Gasteiger partial charge in [-0.05, 0) is 25.1 Å². The molecule has 1 rings (SSSR count). The number of amides is 1. The standard InChI is InChI=1S/C10H15N3O2/c1-6(5-14)13-10(15)7-2-8(11)4-9(12)3-7/h2-4,6,14H,5,11-12H2,1H3,(H,13,15)/t6-/m0/s1. The Kier molecular flexibility index (Phi) is 3.51. The summed E-state index contributed by atoms with van der Waals surface area (Å²) in [6.07, 6.45) is 0. The van der Waals surface area contributed by atoms with E-state index in [-0.39, 0.29) is 18.6 Å². The van der Waals surface area contributed by atoms with Crippen molar-refractivity contribution in [3.63, 3.8) is 0 Å². The molecule has 0 saturated carbocycles. The maximum absolute atomic E-state index is 11.6. The zero-order chi connectivity index (χ0) is 11.4. The molecule has 0 aliphatic rings. The largest absolute Gasteiger partial charge is 0.399 e. The van der Waals surface area contributed by atoms with Crippen LogP contribution in [0, 0.1) is 0 Å². The third-order valence-corrected chi connectivity index (χ3v) is 1.89. The first-order valence-electron chi connectivity index (χ1n) is 4.60. The number of benzene rings is 1. The summed E-state index contributed by atoms with van der Waals surface area (Å²) in [5, 5.41) is 11.4. The third kappa shape index (κ3) is 3.14. The quantitative estimate of drug-likeness (QED) is 0.525. The molecule has 0 heterocycles. The Balaban J connectivity index is 2.82. The molecule has 5 nitrogen and oxygen atoms in total. The number of carbonyl (C=O) groups excluding carboxylic acids is 1. The molecule has 0 saturated heterocycles. The lowest BCUT2D eigenvalue weighted by Crippen LogP contribution is -2.35. The zero-order valence-electron chi connectivity index (χ0n) is 8.53. The van der Waals surface area contributed by atoms with Gasteiger partial charge in [-0.1, -0.05) is 0 Å². The molecule has 82 valence electrons. The minimum atomic E-state index is -0.296. The van der Waals surface area contributed by atoms with Gasteiger partial charge < -0.3 is 21.9 Å². The van der Waals surface area contributed by atoms with Gasteiger partial charge in [-0.3, -0.25) is 4.79 Å². The second kappa shape index (κ2) is 4.65. The SMILES string of the molecule is C[C@@H](CO)NC(=O)c1cc(N)cc(N)c1. The van der Waals surface area contributed by atoms with Crippen LogP contribution < -0.4 is 16.8 Å². The van der Waals surface area contributed by atoms with Gasteiger partial charge in [0.1, 0.15) is 0 Å². The molecule has 1 aromatic carbocycles. The van der Waals surface area contributed by atoms with Crippen molar-refractivity contribution in [2.24, 2.45) is 0 Å². The molecule has 0 radical (unpaired) electrons. The van der Waals surface area contributed by atoms with E-state index in [2.05, 4.69) is 5.32 Å². The van der Waals surface area contributed by atoms with Crippen LogP contribution in [-0.2, 0) is 0 Å². The smallest absolute Gasteiger partial charge is 0.251 e. The summed E-state index contributed by atoms with van der Waals surface area (Å²) in [6, 6.07) is 4.36. The van der Waals surface area contributed by atoms with Gasteiger partial charge in [0, 0.05) is 23.0 Å². The Labute approximate surface area is 88.1 Å². The van der Waals surface area contributed by atoms with E-state index in [0.717, 1.165) is 0 Å². The summed E-state index contributed by atoms with van der Waals surface area (Å²) in [4.78, 5) is 11.6. The van der Waals surface area contributed by atoms with E-state index in [1.54, 1.807) is 13.0 Å².